The molecule has 2 N–H and O–H groups in total. The maximum Gasteiger partial charge on any atom is 0.315 e. The number of hydrogen-bond donors (Lipinski definition) is 2. The third-order valence-electron chi connectivity index (χ3n) is 6.12. The maximum absolute atomic E-state index is 12.4. The van der Waals surface area contributed by atoms with E-state index in [0.29, 0.717) is 19.0 Å². The van der Waals surface area contributed by atoms with E-state index in [0.717, 1.165) is 18.4 Å². The first kappa shape index (κ1) is 18.5. The number of nitrogens with one attached hydrogen (secondary N) is 2. The lowest BCUT2D eigenvalue weighted by Gasteiger charge is -2.24. The van der Waals surface area contributed by atoms with Crippen LogP contribution in [0.3, 0.4) is 0 Å². The molecule has 4 atom stereocenters. The van der Waals surface area contributed by atoms with Crippen molar-refractivity contribution in [3.63, 3.8) is 0 Å². The number of fused-ring (bicyclic) bond motifs is 1. The summed E-state index contributed by atoms with van der Waals surface area (Å²) in [6.07, 6.45) is 5.34. The van der Waals surface area contributed by atoms with E-state index in [1.165, 1.54) is 19.3 Å². The summed E-state index contributed by atoms with van der Waals surface area (Å²) in [5.41, 5.74) is 0.945. The van der Waals surface area contributed by atoms with E-state index < -0.39 is 0 Å². The van der Waals surface area contributed by atoms with Crippen molar-refractivity contribution in [1.82, 2.24) is 30.8 Å². The summed E-state index contributed by atoms with van der Waals surface area (Å²) in [5.74, 6) is 0.690. The smallest absolute Gasteiger partial charge is 0.315 e. The van der Waals surface area contributed by atoms with Crippen molar-refractivity contribution in [3.05, 3.63) is 30.3 Å². The second-order valence-corrected chi connectivity index (χ2v) is 8.04. The molecule has 0 radical (unpaired) electrons. The molecule has 9 heteroatoms. The quantitative estimate of drug-likeness (QED) is 0.812. The minimum absolute atomic E-state index is 0.126. The Kier molecular flexibility index (Phi) is 5.15. The van der Waals surface area contributed by atoms with Crippen molar-refractivity contribution < 1.29 is 14.3 Å². The summed E-state index contributed by atoms with van der Waals surface area (Å²) in [6, 6.07) is 9.66. The van der Waals surface area contributed by atoms with Gasteiger partial charge in [0.2, 0.25) is 0 Å². The van der Waals surface area contributed by atoms with Gasteiger partial charge in [-0.05, 0) is 23.3 Å². The van der Waals surface area contributed by atoms with Gasteiger partial charge in [-0.15, -0.1) is 5.10 Å². The molecular formula is C20H26N6O3. The van der Waals surface area contributed by atoms with Gasteiger partial charge in [0.25, 0.3) is 0 Å². The second-order valence-electron chi connectivity index (χ2n) is 8.04. The normalized spacial score (nSPS) is 29.5. The SMILES string of the molecule is O=C(NC1CCCCC1)N[C@H]1COC2C1OC[C@@H]2n1nnnc1-c1ccccc1. The van der Waals surface area contributed by atoms with Crippen molar-refractivity contribution in [2.75, 3.05) is 13.2 Å². The Bertz CT molecular complexity index is 838. The Balaban J connectivity index is 1.24. The van der Waals surface area contributed by atoms with Crippen LogP contribution in [-0.2, 0) is 9.47 Å². The first-order valence-electron chi connectivity index (χ1n) is 10.4. The predicted molar refractivity (Wildman–Crippen MR) is 104 cm³/mol. The van der Waals surface area contributed by atoms with E-state index in [1.54, 1.807) is 4.68 Å². The zero-order valence-corrected chi connectivity index (χ0v) is 16.2. The van der Waals surface area contributed by atoms with Gasteiger partial charge in [-0.1, -0.05) is 49.6 Å². The molecule has 0 spiro atoms. The monoisotopic (exact) mass is 398 g/mol. The molecule has 3 fully saturated rings. The number of aromatic nitrogens is 4. The minimum Gasteiger partial charge on any atom is -0.371 e. The lowest BCUT2D eigenvalue weighted by atomic mass is 9.96. The van der Waals surface area contributed by atoms with Crippen LogP contribution in [0.5, 0.6) is 0 Å². The van der Waals surface area contributed by atoms with E-state index >= 15 is 0 Å². The first-order chi connectivity index (χ1) is 14.3. The summed E-state index contributed by atoms with van der Waals surface area (Å²) in [6.45, 7) is 0.870. The molecule has 29 heavy (non-hydrogen) atoms. The summed E-state index contributed by atoms with van der Waals surface area (Å²) < 4.78 is 13.8. The summed E-state index contributed by atoms with van der Waals surface area (Å²) in [5, 5.41) is 18.4. The minimum atomic E-state index is -0.204. The Morgan fingerprint density at radius 2 is 1.79 bits per heavy atom. The maximum atomic E-state index is 12.4. The molecule has 5 rings (SSSR count). The molecule has 1 saturated carbocycles. The van der Waals surface area contributed by atoms with Gasteiger partial charge in [-0.3, -0.25) is 0 Å². The van der Waals surface area contributed by atoms with Crippen LogP contribution in [0.2, 0.25) is 0 Å². The highest BCUT2D eigenvalue weighted by Gasteiger charge is 2.50. The Morgan fingerprint density at radius 3 is 2.62 bits per heavy atom. The molecule has 1 aromatic heterocycles. The predicted octanol–water partition coefficient (Wildman–Crippen LogP) is 1.68. The summed E-state index contributed by atoms with van der Waals surface area (Å²) in [7, 11) is 0. The van der Waals surface area contributed by atoms with Crippen molar-refractivity contribution in [2.24, 2.45) is 0 Å². The third-order valence-corrected chi connectivity index (χ3v) is 6.12. The van der Waals surface area contributed by atoms with Gasteiger partial charge in [0, 0.05) is 11.6 Å². The van der Waals surface area contributed by atoms with E-state index in [1.807, 2.05) is 30.3 Å². The number of carbonyl (C=O) groups excluding carboxylic acids is 1. The van der Waals surface area contributed by atoms with Gasteiger partial charge in [0.1, 0.15) is 18.2 Å². The number of urea groups is 1. The number of ether oxygens (including phenoxy) is 2. The fourth-order valence-corrected chi connectivity index (χ4v) is 4.65. The number of amides is 2. The van der Waals surface area contributed by atoms with Gasteiger partial charge in [-0.2, -0.15) is 0 Å². The molecule has 0 bridgehead atoms. The number of tetrazole rings is 1. The van der Waals surface area contributed by atoms with E-state index in [2.05, 4.69) is 26.2 Å². The largest absolute Gasteiger partial charge is 0.371 e. The molecule has 2 unspecified atom stereocenters. The van der Waals surface area contributed by atoms with Crippen LogP contribution in [0.15, 0.2) is 30.3 Å². The molecule has 2 saturated heterocycles. The number of nitrogens with zero attached hydrogens (tertiary/aromatic N) is 4. The molecule has 3 heterocycles. The van der Waals surface area contributed by atoms with Crippen molar-refractivity contribution in [2.45, 2.75) is 62.4 Å². The molecule has 3 aliphatic rings. The van der Waals surface area contributed by atoms with Crippen molar-refractivity contribution in [3.8, 4) is 11.4 Å². The highest BCUT2D eigenvalue weighted by Crippen LogP contribution is 2.35. The van der Waals surface area contributed by atoms with Crippen molar-refractivity contribution in [1.29, 1.82) is 0 Å². The molecule has 2 aliphatic heterocycles. The molecule has 1 aromatic carbocycles. The number of benzene rings is 1. The Morgan fingerprint density at radius 1 is 1.00 bits per heavy atom. The lowest BCUT2D eigenvalue weighted by molar-refractivity contribution is 0.0624. The van der Waals surface area contributed by atoms with Crippen LogP contribution in [0.4, 0.5) is 4.79 Å². The molecule has 9 nitrogen and oxygen atoms in total. The van der Waals surface area contributed by atoms with Crippen LogP contribution in [-0.4, -0.2) is 63.7 Å². The van der Waals surface area contributed by atoms with Gasteiger partial charge in [-0.25, -0.2) is 9.48 Å². The Labute approximate surface area is 169 Å². The van der Waals surface area contributed by atoms with Gasteiger partial charge >= 0.3 is 6.03 Å². The van der Waals surface area contributed by atoms with Crippen LogP contribution < -0.4 is 10.6 Å². The number of carbonyl (C=O) groups is 1. The first-order valence-corrected chi connectivity index (χ1v) is 10.4. The average molecular weight is 398 g/mol. The molecule has 2 aromatic rings. The molecule has 154 valence electrons. The number of hydrogen-bond acceptors (Lipinski definition) is 6. The van der Waals surface area contributed by atoms with Gasteiger partial charge < -0.3 is 20.1 Å². The highest BCUT2D eigenvalue weighted by molar-refractivity contribution is 5.74. The third kappa shape index (κ3) is 3.72. The second kappa shape index (κ2) is 8.08. The van der Waals surface area contributed by atoms with Crippen LogP contribution in [0.25, 0.3) is 11.4 Å². The van der Waals surface area contributed by atoms with E-state index in [9.17, 15) is 4.79 Å². The molecule has 2 amide bonds. The standard InChI is InChI=1S/C20H26N6O3/c27-20(21-14-9-5-2-6-10-14)22-15-11-28-18-16(12-29-17(15)18)26-19(23-24-25-26)13-7-3-1-4-8-13/h1,3-4,7-8,14-18H,2,5-6,9-12H2,(H2,21,22,27)/t15-,16-,17?,18?/m0/s1. The fourth-order valence-electron chi connectivity index (χ4n) is 4.65. The molecular weight excluding hydrogens is 372 g/mol. The number of rotatable bonds is 4. The average Bonchev–Trinajstić information content (AvgIpc) is 3.47. The van der Waals surface area contributed by atoms with Gasteiger partial charge in [0.05, 0.1) is 19.3 Å². The fraction of sp³-hybridized carbons (Fsp3) is 0.600. The highest BCUT2D eigenvalue weighted by atomic mass is 16.6. The van der Waals surface area contributed by atoms with Gasteiger partial charge in [0.15, 0.2) is 5.82 Å². The zero-order valence-electron chi connectivity index (χ0n) is 16.2. The topological polar surface area (TPSA) is 103 Å². The summed E-state index contributed by atoms with van der Waals surface area (Å²) >= 11 is 0. The van der Waals surface area contributed by atoms with Crippen molar-refractivity contribution >= 4 is 6.03 Å². The molecule has 1 aliphatic carbocycles. The van der Waals surface area contributed by atoms with E-state index in [-0.39, 0.29) is 36.4 Å². The van der Waals surface area contributed by atoms with Crippen LogP contribution in [0.1, 0.15) is 38.1 Å². The summed E-state index contributed by atoms with van der Waals surface area (Å²) in [4.78, 5) is 12.4. The van der Waals surface area contributed by atoms with Crippen LogP contribution in [0, 0.1) is 0 Å². The Hall–Kier alpha value is -2.52. The zero-order chi connectivity index (χ0) is 19.6. The van der Waals surface area contributed by atoms with E-state index in [4.69, 9.17) is 9.47 Å². The lowest BCUT2D eigenvalue weighted by Crippen LogP contribution is -2.50. The van der Waals surface area contributed by atoms with Crippen LogP contribution >= 0.6 is 0 Å².